The van der Waals surface area contributed by atoms with E-state index in [1.807, 2.05) is 48.5 Å². The van der Waals surface area contributed by atoms with Gasteiger partial charge in [-0.1, -0.05) is 23.4 Å². The molecule has 0 N–H and O–H groups in total. The topological polar surface area (TPSA) is 51.1 Å². The van der Waals surface area contributed by atoms with Crippen molar-refractivity contribution >= 4 is 17.3 Å². The number of aryl methyl sites for hydroxylation is 1. The molecule has 2 aromatic rings. The van der Waals surface area contributed by atoms with E-state index in [-0.39, 0.29) is 12.5 Å². The van der Waals surface area contributed by atoms with Crippen LogP contribution >= 0.6 is 0 Å². The van der Waals surface area contributed by atoms with Crippen molar-refractivity contribution in [2.75, 3.05) is 25.7 Å². The number of hydrogen-bond acceptors (Lipinski definition) is 4. The second-order valence-corrected chi connectivity index (χ2v) is 5.98. The van der Waals surface area contributed by atoms with E-state index >= 15 is 0 Å². The van der Waals surface area contributed by atoms with Crippen LogP contribution in [0.5, 0.6) is 5.75 Å². The van der Waals surface area contributed by atoms with Crippen molar-refractivity contribution in [3.05, 3.63) is 59.7 Å². The normalized spacial score (nSPS) is 14.7. The Morgan fingerprint density at radius 3 is 2.72 bits per heavy atom. The minimum atomic E-state index is -0.138. The maximum Gasteiger partial charge on any atom is 0.267 e. The summed E-state index contributed by atoms with van der Waals surface area (Å²) in [6.07, 6.45) is 2.86. The Labute approximate surface area is 147 Å². The minimum absolute atomic E-state index is 0.0830. The second-order valence-electron chi connectivity index (χ2n) is 5.98. The van der Waals surface area contributed by atoms with Crippen LogP contribution in [0, 0.1) is 0 Å². The molecule has 0 atom stereocenters. The Morgan fingerprint density at radius 2 is 1.96 bits per heavy atom. The Balaban J connectivity index is 1.64. The highest BCUT2D eigenvalue weighted by Crippen LogP contribution is 2.26. The lowest BCUT2D eigenvalue weighted by atomic mass is 9.90. The first-order valence-electron chi connectivity index (χ1n) is 8.37. The molecule has 0 aromatic heterocycles. The van der Waals surface area contributed by atoms with Gasteiger partial charge < -0.3 is 14.5 Å². The van der Waals surface area contributed by atoms with Gasteiger partial charge in [-0.05, 0) is 55.2 Å². The molecule has 0 unspecified atom stereocenters. The van der Waals surface area contributed by atoms with Crippen LogP contribution in [0.15, 0.2) is 53.7 Å². The molecule has 0 saturated heterocycles. The van der Waals surface area contributed by atoms with E-state index in [9.17, 15) is 4.79 Å². The molecule has 0 heterocycles. The lowest BCUT2D eigenvalue weighted by Gasteiger charge is -2.19. The maximum absolute atomic E-state index is 12.2. The standard InChI is InChI=1S/C20H22N2O3/c1-22(16-8-4-3-5-9-16)20(23)14-25-21-19-10-6-7-15-13-17(24-2)11-12-18(15)19/h3-5,8-9,11-13H,6-7,10,14H2,1-2H3/b21-19+. The fourth-order valence-electron chi connectivity index (χ4n) is 2.92. The van der Waals surface area contributed by atoms with Crippen LogP contribution in [0.25, 0.3) is 0 Å². The van der Waals surface area contributed by atoms with Crippen LogP contribution < -0.4 is 9.64 Å². The number of ether oxygens (including phenoxy) is 1. The molecule has 1 aliphatic rings. The fraction of sp³-hybridized carbons (Fsp3) is 0.300. The van der Waals surface area contributed by atoms with Crippen LogP contribution in [-0.2, 0) is 16.1 Å². The molecule has 130 valence electrons. The maximum atomic E-state index is 12.2. The highest BCUT2D eigenvalue weighted by atomic mass is 16.6. The summed E-state index contributed by atoms with van der Waals surface area (Å²) in [6, 6.07) is 15.4. The Hall–Kier alpha value is -2.82. The number of hydrogen-bond donors (Lipinski definition) is 0. The number of amides is 1. The smallest absolute Gasteiger partial charge is 0.267 e. The zero-order valence-electron chi connectivity index (χ0n) is 14.6. The zero-order valence-corrected chi connectivity index (χ0v) is 14.6. The van der Waals surface area contributed by atoms with Crippen molar-refractivity contribution in [2.24, 2.45) is 5.16 Å². The molecule has 1 amide bonds. The number of methoxy groups -OCH3 is 1. The summed E-state index contributed by atoms with van der Waals surface area (Å²) in [5.74, 6) is 0.710. The van der Waals surface area contributed by atoms with Gasteiger partial charge in [0.05, 0.1) is 12.8 Å². The predicted molar refractivity (Wildman–Crippen MR) is 98.3 cm³/mol. The van der Waals surface area contributed by atoms with Gasteiger partial charge in [0, 0.05) is 18.3 Å². The molecule has 5 heteroatoms. The first kappa shape index (κ1) is 17.0. The lowest BCUT2D eigenvalue weighted by Crippen LogP contribution is -2.29. The van der Waals surface area contributed by atoms with Gasteiger partial charge in [-0.3, -0.25) is 4.79 Å². The number of benzene rings is 2. The zero-order chi connectivity index (χ0) is 17.6. The number of rotatable bonds is 5. The van der Waals surface area contributed by atoms with E-state index in [1.165, 1.54) is 5.56 Å². The molecule has 1 aliphatic carbocycles. The number of anilines is 1. The molecule has 5 nitrogen and oxygen atoms in total. The highest BCUT2D eigenvalue weighted by Gasteiger charge is 2.17. The van der Waals surface area contributed by atoms with E-state index in [0.717, 1.165) is 42.0 Å². The van der Waals surface area contributed by atoms with E-state index in [4.69, 9.17) is 9.57 Å². The summed E-state index contributed by atoms with van der Waals surface area (Å²) in [7, 11) is 3.40. The minimum Gasteiger partial charge on any atom is -0.497 e. The third-order valence-electron chi connectivity index (χ3n) is 4.36. The highest BCUT2D eigenvalue weighted by molar-refractivity contribution is 6.02. The molecule has 0 radical (unpaired) electrons. The number of carbonyl (C=O) groups is 1. The largest absolute Gasteiger partial charge is 0.497 e. The number of oxime groups is 1. The third kappa shape index (κ3) is 3.99. The van der Waals surface area contributed by atoms with Gasteiger partial charge in [-0.25, -0.2) is 0 Å². The molecule has 0 fully saturated rings. The van der Waals surface area contributed by atoms with E-state index in [2.05, 4.69) is 5.16 Å². The van der Waals surface area contributed by atoms with Gasteiger partial charge in [0.15, 0.2) is 6.61 Å². The van der Waals surface area contributed by atoms with Crippen LogP contribution in [0.1, 0.15) is 24.0 Å². The average Bonchev–Trinajstić information content (AvgIpc) is 2.67. The number of likely N-dealkylation sites (N-methyl/N-ethyl adjacent to an activating group) is 1. The van der Waals surface area contributed by atoms with Gasteiger partial charge in [0.25, 0.3) is 5.91 Å². The molecule has 0 bridgehead atoms. The lowest BCUT2D eigenvalue weighted by molar-refractivity contribution is -0.122. The first-order chi connectivity index (χ1) is 12.2. The van der Waals surface area contributed by atoms with Crippen molar-refractivity contribution in [1.29, 1.82) is 0 Å². The Bertz CT molecular complexity index is 772. The molecular weight excluding hydrogens is 316 g/mol. The van der Waals surface area contributed by atoms with Crippen molar-refractivity contribution < 1.29 is 14.4 Å². The summed E-state index contributed by atoms with van der Waals surface area (Å²) >= 11 is 0. The van der Waals surface area contributed by atoms with Crippen LogP contribution in [-0.4, -0.2) is 32.4 Å². The molecule has 2 aromatic carbocycles. The Morgan fingerprint density at radius 1 is 1.16 bits per heavy atom. The van der Waals surface area contributed by atoms with E-state index in [0.29, 0.717) is 0 Å². The van der Waals surface area contributed by atoms with Crippen LogP contribution in [0.4, 0.5) is 5.69 Å². The van der Waals surface area contributed by atoms with Gasteiger partial charge >= 0.3 is 0 Å². The third-order valence-corrected chi connectivity index (χ3v) is 4.36. The molecule has 3 rings (SSSR count). The molecule has 0 saturated carbocycles. The Kier molecular flexibility index (Phi) is 5.33. The predicted octanol–water partition coefficient (Wildman–Crippen LogP) is 3.42. The van der Waals surface area contributed by atoms with Crippen molar-refractivity contribution in [3.8, 4) is 5.75 Å². The fourth-order valence-corrected chi connectivity index (χ4v) is 2.92. The quantitative estimate of drug-likeness (QED) is 0.785. The molecular formula is C20H22N2O3. The molecule has 0 aliphatic heterocycles. The van der Waals surface area contributed by atoms with Gasteiger partial charge in [-0.15, -0.1) is 0 Å². The summed E-state index contributed by atoms with van der Waals surface area (Å²) in [5.41, 5.74) is 4.01. The van der Waals surface area contributed by atoms with Crippen LogP contribution in [0.3, 0.4) is 0 Å². The second kappa shape index (κ2) is 7.83. The molecule has 0 spiro atoms. The monoisotopic (exact) mass is 338 g/mol. The summed E-state index contributed by atoms with van der Waals surface area (Å²) in [4.78, 5) is 19.2. The number of para-hydroxylation sites is 1. The van der Waals surface area contributed by atoms with Crippen LogP contribution in [0.2, 0.25) is 0 Å². The van der Waals surface area contributed by atoms with Gasteiger partial charge in [-0.2, -0.15) is 0 Å². The SMILES string of the molecule is COc1ccc2c(c1)CCC/C2=N\OCC(=O)N(C)c1ccccc1. The van der Waals surface area contributed by atoms with E-state index < -0.39 is 0 Å². The van der Waals surface area contributed by atoms with Crippen molar-refractivity contribution in [3.63, 3.8) is 0 Å². The summed E-state index contributed by atoms with van der Waals surface area (Å²) in [5, 5.41) is 4.22. The summed E-state index contributed by atoms with van der Waals surface area (Å²) in [6.45, 7) is -0.0830. The number of carbonyl (C=O) groups excluding carboxylic acids is 1. The van der Waals surface area contributed by atoms with Crippen molar-refractivity contribution in [1.82, 2.24) is 0 Å². The first-order valence-corrected chi connectivity index (χ1v) is 8.37. The molecule has 25 heavy (non-hydrogen) atoms. The summed E-state index contributed by atoms with van der Waals surface area (Å²) < 4.78 is 5.28. The average molecular weight is 338 g/mol. The van der Waals surface area contributed by atoms with Gasteiger partial charge in [0.1, 0.15) is 5.75 Å². The van der Waals surface area contributed by atoms with Gasteiger partial charge in [0.2, 0.25) is 0 Å². The number of nitrogens with zero attached hydrogens (tertiary/aromatic N) is 2. The van der Waals surface area contributed by atoms with E-state index in [1.54, 1.807) is 19.1 Å². The number of fused-ring (bicyclic) bond motifs is 1. The van der Waals surface area contributed by atoms with Crippen molar-refractivity contribution in [2.45, 2.75) is 19.3 Å².